The summed E-state index contributed by atoms with van der Waals surface area (Å²) < 4.78 is 11.2. The van der Waals surface area contributed by atoms with E-state index < -0.39 is 0 Å². The van der Waals surface area contributed by atoms with E-state index in [9.17, 15) is 0 Å². The van der Waals surface area contributed by atoms with Gasteiger partial charge in [0, 0.05) is 18.4 Å². The van der Waals surface area contributed by atoms with Gasteiger partial charge in [0.2, 0.25) is 0 Å². The highest BCUT2D eigenvalue weighted by atomic mass is 32.2. The van der Waals surface area contributed by atoms with Crippen molar-refractivity contribution >= 4 is 29.0 Å². The van der Waals surface area contributed by atoms with Crippen LogP contribution >= 0.6 is 24.0 Å². The number of nitrogens with two attached hydrogens (primary N) is 1. The Bertz CT molecular complexity index is 461. The monoisotopic (exact) mass is 313 g/mol. The molecule has 112 valence electrons. The van der Waals surface area contributed by atoms with Crippen molar-refractivity contribution in [2.75, 3.05) is 19.5 Å². The summed E-state index contributed by atoms with van der Waals surface area (Å²) in [6, 6.07) is 5.90. The Balaban J connectivity index is 2.84. The molecule has 0 unspecified atom stereocenters. The zero-order chi connectivity index (χ0) is 15.2. The number of ether oxygens (including phenoxy) is 2. The number of thioether (sulfide) groups is 1. The maximum atomic E-state index is 5.86. The van der Waals surface area contributed by atoms with Gasteiger partial charge in [-0.3, -0.25) is 0 Å². The lowest BCUT2D eigenvalue weighted by Crippen LogP contribution is -2.25. The van der Waals surface area contributed by atoms with E-state index in [-0.39, 0.29) is 5.60 Å². The van der Waals surface area contributed by atoms with E-state index in [1.54, 1.807) is 18.9 Å². The molecule has 0 spiro atoms. The van der Waals surface area contributed by atoms with Crippen LogP contribution in [0.25, 0.3) is 0 Å². The molecule has 2 N–H and O–H groups in total. The minimum Gasteiger partial charge on any atom is -0.493 e. The van der Waals surface area contributed by atoms with Gasteiger partial charge in [0.05, 0.1) is 17.8 Å². The third-order valence-corrected chi connectivity index (χ3v) is 4.19. The van der Waals surface area contributed by atoms with Gasteiger partial charge in [-0.1, -0.05) is 25.2 Å². The van der Waals surface area contributed by atoms with Crippen molar-refractivity contribution in [3.63, 3.8) is 0 Å². The molecule has 20 heavy (non-hydrogen) atoms. The summed E-state index contributed by atoms with van der Waals surface area (Å²) in [5.74, 6) is 1.72. The van der Waals surface area contributed by atoms with Gasteiger partial charge in [-0.25, -0.2) is 0 Å². The number of rotatable bonds is 8. The molecular formula is C15H23NO2S2. The summed E-state index contributed by atoms with van der Waals surface area (Å²) in [5, 5.41) is 0. The molecule has 5 heteroatoms. The fraction of sp³-hybridized carbons (Fsp3) is 0.533. The molecule has 0 saturated carbocycles. The number of thiocarbonyl (C=S) groups is 1. The van der Waals surface area contributed by atoms with Crippen molar-refractivity contribution in [1.82, 2.24) is 0 Å². The Morgan fingerprint density at radius 2 is 2.10 bits per heavy atom. The van der Waals surface area contributed by atoms with Gasteiger partial charge in [0.1, 0.15) is 10.7 Å². The van der Waals surface area contributed by atoms with E-state index in [2.05, 4.69) is 6.92 Å². The zero-order valence-electron chi connectivity index (χ0n) is 12.6. The largest absolute Gasteiger partial charge is 0.493 e. The molecule has 0 fully saturated rings. The Labute approximate surface area is 131 Å². The Morgan fingerprint density at radius 1 is 1.40 bits per heavy atom. The van der Waals surface area contributed by atoms with E-state index in [0.29, 0.717) is 11.6 Å². The molecule has 1 rings (SSSR count). The molecule has 0 bridgehead atoms. The lowest BCUT2D eigenvalue weighted by molar-refractivity contribution is 0.00542. The highest BCUT2D eigenvalue weighted by Gasteiger charge is 2.17. The van der Waals surface area contributed by atoms with Crippen molar-refractivity contribution < 1.29 is 9.47 Å². The van der Waals surface area contributed by atoms with E-state index in [0.717, 1.165) is 28.4 Å². The summed E-state index contributed by atoms with van der Waals surface area (Å²) in [5.41, 5.74) is 6.49. The van der Waals surface area contributed by atoms with Crippen LogP contribution in [-0.4, -0.2) is 30.1 Å². The van der Waals surface area contributed by atoms with Gasteiger partial charge in [-0.2, -0.15) is 0 Å². The van der Waals surface area contributed by atoms with Gasteiger partial charge < -0.3 is 15.2 Å². The first-order valence-corrected chi connectivity index (χ1v) is 8.04. The highest BCUT2D eigenvalue weighted by Crippen LogP contribution is 2.30. The van der Waals surface area contributed by atoms with Crippen LogP contribution in [0.3, 0.4) is 0 Å². The van der Waals surface area contributed by atoms with Crippen molar-refractivity contribution in [2.24, 2.45) is 5.73 Å². The molecule has 0 aliphatic heterocycles. The predicted octanol–water partition coefficient (Wildman–Crippen LogP) is 3.63. The lowest BCUT2D eigenvalue weighted by atomic mass is 10.1. The standard InChI is InChI=1S/C15H23NO2S2/c1-5-20-12-8-6-7-11(13(12)14(16)19)18-10-9-15(2,3)17-4/h6-8H,5,9-10H2,1-4H3,(H2,16,19). The van der Waals surface area contributed by atoms with Crippen molar-refractivity contribution in [2.45, 2.75) is 37.7 Å². The van der Waals surface area contributed by atoms with E-state index >= 15 is 0 Å². The van der Waals surface area contributed by atoms with E-state index in [1.807, 2.05) is 32.0 Å². The van der Waals surface area contributed by atoms with Gasteiger partial charge in [0.15, 0.2) is 0 Å². The van der Waals surface area contributed by atoms with Gasteiger partial charge >= 0.3 is 0 Å². The second-order valence-corrected chi connectivity index (χ2v) is 6.73. The molecule has 3 nitrogen and oxygen atoms in total. The first-order chi connectivity index (χ1) is 9.41. The van der Waals surface area contributed by atoms with Gasteiger partial charge in [0.25, 0.3) is 0 Å². The molecule has 1 aromatic rings. The Kier molecular flexibility index (Phi) is 6.79. The average molecular weight is 313 g/mol. The van der Waals surface area contributed by atoms with Crippen molar-refractivity contribution in [1.29, 1.82) is 0 Å². The molecule has 0 saturated heterocycles. The number of hydrogen-bond donors (Lipinski definition) is 1. The van der Waals surface area contributed by atoms with Crippen LogP contribution < -0.4 is 10.5 Å². The molecule has 1 aromatic carbocycles. The van der Waals surface area contributed by atoms with Crippen LogP contribution in [0.1, 0.15) is 32.8 Å². The van der Waals surface area contributed by atoms with Crippen molar-refractivity contribution in [3.05, 3.63) is 23.8 Å². The summed E-state index contributed by atoms with van der Waals surface area (Å²) >= 11 is 6.87. The Morgan fingerprint density at radius 3 is 2.65 bits per heavy atom. The first kappa shape index (κ1) is 17.3. The SMILES string of the molecule is CCSc1cccc(OCCC(C)(C)OC)c1C(N)=S. The fourth-order valence-electron chi connectivity index (χ4n) is 1.66. The summed E-state index contributed by atoms with van der Waals surface area (Å²) in [6.45, 7) is 6.74. The van der Waals surface area contributed by atoms with E-state index in [4.69, 9.17) is 27.4 Å². The van der Waals surface area contributed by atoms with Crippen LogP contribution in [0, 0.1) is 0 Å². The van der Waals surface area contributed by atoms with Gasteiger partial charge in [-0.15, -0.1) is 11.8 Å². The minimum absolute atomic E-state index is 0.195. The van der Waals surface area contributed by atoms with Crippen LogP contribution in [0.5, 0.6) is 5.75 Å². The number of methoxy groups -OCH3 is 1. The molecule has 0 aliphatic carbocycles. The van der Waals surface area contributed by atoms with Crippen LogP contribution in [0.15, 0.2) is 23.1 Å². The molecule has 0 radical (unpaired) electrons. The second-order valence-electron chi connectivity index (χ2n) is 4.99. The molecule has 0 aromatic heterocycles. The minimum atomic E-state index is -0.195. The fourth-order valence-corrected chi connectivity index (χ4v) is 2.77. The third-order valence-electron chi connectivity index (χ3n) is 3.05. The Hall–Kier alpha value is -0.780. The van der Waals surface area contributed by atoms with E-state index in [1.165, 1.54) is 0 Å². The lowest BCUT2D eigenvalue weighted by Gasteiger charge is -2.23. The normalized spacial score (nSPS) is 11.4. The molecule has 0 amide bonds. The predicted molar refractivity (Wildman–Crippen MR) is 89.9 cm³/mol. The smallest absolute Gasteiger partial charge is 0.130 e. The van der Waals surface area contributed by atoms with Gasteiger partial charge in [-0.05, 0) is 31.7 Å². The topological polar surface area (TPSA) is 44.5 Å². The second kappa shape index (κ2) is 7.86. The molecular weight excluding hydrogens is 290 g/mol. The average Bonchev–Trinajstić information content (AvgIpc) is 2.39. The molecule has 0 heterocycles. The summed E-state index contributed by atoms with van der Waals surface area (Å²) in [6.07, 6.45) is 0.797. The quantitative estimate of drug-likeness (QED) is 0.586. The van der Waals surface area contributed by atoms with Crippen LogP contribution in [0.2, 0.25) is 0 Å². The first-order valence-electron chi connectivity index (χ1n) is 6.65. The maximum Gasteiger partial charge on any atom is 0.130 e. The zero-order valence-corrected chi connectivity index (χ0v) is 14.2. The summed E-state index contributed by atoms with van der Waals surface area (Å²) in [7, 11) is 1.71. The van der Waals surface area contributed by atoms with Crippen molar-refractivity contribution in [3.8, 4) is 5.75 Å². The molecule has 0 aliphatic rings. The number of benzene rings is 1. The highest BCUT2D eigenvalue weighted by molar-refractivity contribution is 7.99. The number of hydrogen-bond acceptors (Lipinski definition) is 4. The maximum absolute atomic E-state index is 5.86. The molecule has 0 atom stereocenters. The van der Waals surface area contributed by atoms with Crippen LogP contribution in [-0.2, 0) is 4.74 Å². The van der Waals surface area contributed by atoms with Crippen LogP contribution in [0.4, 0.5) is 0 Å². The third kappa shape index (κ3) is 4.96. The summed E-state index contributed by atoms with van der Waals surface area (Å²) in [4.78, 5) is 1.45.